The van der Waals surface area contributed by atoms with E-state index in [1.807, 2.05) is 36.4 Å². The first-order chi connectivity index (χ1) is 8.83. The highest BCUT2D eigenvalue weighted by atomic mass is 16.5. The Morgan fingerprint density at radius 3 is 2.56 bits per heavy atom. The van der Waals surface area contributed by atoms with Gasteiger partial charge in [-0.2, -0.15) is 0 Å². The third-order valence-electron chi connectivity index (χ3n) is 3.04. The minimum Gasteiger partial charge on any atom is -0.458 e. The lowest BCUT2D eigenvalue weighted by Crippen LogP contribution is -2.27. The highest BCUT2D eigenvalue weighted by molar-refractivity contribution is 5.64. The maximum atomic E-state index is 5.93. The predicted molar refractivity (Wildman–Crippen MR) is 74.8 cm³/mol. The quantitative estimate of drug-likeness (QED) is 0.752. The molecule has 0 bridgehead atoms. The monoisotopic (exact) mass is 237 g/mol. The molecule has 0 aliphatic carbocycles. The summed E-state index contributed by atoms with van der Waals surface area (Å²) in [5, 5.41) is 0. The first-order valence-corrected chi connectivity index (χ1v) is 6.06. The van der Waals surface area contributed by atoms with E-state index in [0.29, 0.717) is 0 Å². The Balaban J connectivity index is 1.93. The van der Waals surface area contributed by atoms with Crippen molar-refractivity contribution in [3.05, 3.63) is 65.9 Å². The van der Waals surface area contributed by atoms with Gasteiger partial charge in [0.25, 0.3) is 0 Å². The normalized spacial score (nSPS) is 16.3. The SMILES string of the molecule is CN1C/C(=C/c2ccccc2)Oc2ccccc21. The fraction of sp³-hybridized carbons (Fsp3) is 0.125. The molecule has 3 rings (SSSR count). The molecule has 0 N–H and O–H groups in total. The Hall–Kier alpha value is -2.22. The molecule has 2 aromatic rings. The molecule has 1 heterocycles. The number of likely N-dealkylation sites (N-methyl/N-ethyl adjacent to an activating group) is 1. The van der Waals surface area contributed by atoms with Crippen LogP contribution in [0.25, 0.3) is 6.08 Å². The number of fused-ring (bicyclic) bond motifs is 1. The van der Waals surface area contributed by atoms with Crippen LogP contribution in [-0.2, 0) is 0 Å². The van der Waals surface area contributed by atoms with Crippen LogP contribution in [0.15, 0.2) is 60.4 Å². The molecule has 0 aromatic heterocycles. The van der Waals surface area contributed by atoms with Crippen LogP contribution in [0.5, 0.6) is 5.75 Å². The second kappa shape index (κ2) is 4.57. The molecule has 0 fully saturated rings. The lowest BCUT2D eigenvalue weighted by atomic mass is 10.1. The number of hydrogen-bond acceptors (Lipinski definition) is 2. The summed E-state index contributed by atoms with van der Waals surface area (Å²) in [6.07, 6.45) is 2.09. The summed E-state index contributed by atoms with van der Waals surface area (Å²) in [4.78, 5) is 2.20. The molecule has 1 aliphatic rings. The molecule has 90 valence electrons. The summed E-state index contributed by atoms with van der Waals surface area (Å²) >= 11 is 0. The van der Waals surface area contributed by atoms with E-state index in [1.165, 1.54) is 5.56 Å². The van der Waals surface area contributed by atoms with E-state index in [-0.39, 0.29) is 0 Å². The summed E-state index contributed by atoms with van der Waals surface area (Å²) < 4.78 is 5.93. The lowest BCUT2D eigenvalue weighted by molar-refractivity contribution is 0.405. The Morgan fingerprint density at radius 2 is 1.72 bits per heavy atom. The number of para-hydroxylation sites is 2. The first-order valence-electron chi connectivity index (χ1n) is 6.06. The second-order valence-electron chi connectivity index (χ2n) is 4.45. The first kappa shape index (κ1) is 10.9. The van der Waals surface area contributed by atoms with Gasteiger partial charge in [-0.3, -0.25) is 0 Å². The van der Waals surface area contributed by atoms with Gasteiger partial charge in [-0.15, -0.1) is 0 Å². The minimum atomic E-state index is 0.798. The van der Waals surface area contributed by atoms with Gasteiger partial charge in [-0.1, -0.05) is 42.5 Å². The van der Waals surface area contributed by atoms with Gasteiger partial charge < -0.3 is 9.64 Å². The van der Waals surface area contributed by atoms with E-state index in [4.69, 9.17) is 4.74 Å². The molecule has 1 aliphatic heterocycles. The number of rotatable bonds is 1. The number of nitrogens with zero attached hydrogens (tertiary/aromatic N) is 1. The van der Waals surface area contributed by atoms with Gasteiger partial charge in [-0.05, 0) is 23.8 Å². The summed E-state index contributed by atoms with van der Waals surface area (Å²) in [7, 11) is 2.08. The zero-order valence-corrected chi connectivity index (χ0v) is 10.3. The van der Waals surface area contributed by atoms with Crippen LogP contribution >= 0.6 is 0 Å². The molecule has 0 spiro atoms. The summed E-state index contributed by atoms with van der Waals surface area (Å²) in [6.45, 7) is 0.798. The number of anilines is 1. The topological polar surface area (TPSA) is 12.5 Å². The Labute approximate surface area is 107 Å². The van der Waals surface area contributed by atoms with Crippen molar-refractivity contribution in [3.8, 4) is 5.75 Å². The number of hydrogen-bond donors (Lipinski definition) is 0. The lowest BCUT2D eigenvalue weighted by Gasteiger charge is -2.29. The number of ether oxygens (including phenoxy) is 1. The molecular weight excluding hydrogens is 222 g/mol. The molecule has 18 heavy (non-hydrogen) atoms. The average Bonchev–Trinajstić information content (AvgIpc) is 2.40. The Morgan fingerprint density at radius 1 is 1.00 bits per heavy atom. The van der Waals surface area contributed by atoms with Crippen LogP contribution in [0, 0.1) is 0 Å². The van der Waals surface area contributed by atoms with Crippen LogP contribution in [0.1, 0.15) is 5.56 Å². The summed E-state index contributed by atoms with van der Waals surface area (Å²) in [6, 6.07) is 18.4. The van der Waals surface area contributed by atoms with Gasteiger partial charge >= 0.3 is 0 Å². The van der Waals surface area contributed by atoms with Gasteiger partial charge in [0.05, 0.1) is 12.2 Å². The minimum absolute atomic E-state index is 0.798. The van der Waals surface area contributed by atoms with Crippen molar-refractivity contribution in [1.82, 2.24) is 0 Å². The maximum absolute atomic E-state index is 5.93. The fourth-order valence-corrected chi connectivity index (χ4v) is 2.16. The Kier molecular flexibility index (Phi) is 2.77. The van der Waals surface area contributed by atoms with Crippen molar-refractivity contribution in [2.24, 2.45) is 0 Å². The molecule has 2 heteroatoms. The third kappa shape index (κ3) is 2.09. The van der Waals surface area contributed by atoms with E-state index in [1.54, 1.807) is 0 Å². The molecule has 0 unspecified atom stereocenters. The zero-order chi connectivity index (χ0) is 12.4. The van der Waals surface area contributed by atoms with E-state index >= 15 is 0 Å². The van der Waals surface area contributed by atoms with Gasteiger partial charge in [0.1, 0.15) is 11.5 Å². The maximum Gasteiger partial charge on any atom is 0.150 e. The second-order valence-corrected chi connectivity index (χ2v) is 4.45. The molecule has 2 aromatic carbocycles. The molecule has 0 saturated carbocycles. The summed E-state index contributed by atoms with van der Waals surface area (Å²) in [5.74, 6) is 1.90. The molecule has 0 radical (unpaired) electrons. The van der Waals surface area contributed by atoms with Crippen molar-refractivity contribution in [2.75, 3.05) is 18.5 Å². The zero-order valence-electron chi connectivity index (χ0n) is 10.3. The van der Waals surface area contributed by atoms with Crippen LogP contribution in [-0.4, -0.2) is 13.6 Å². The smallest absolute Gasteiger partial charge is 0.150 e. The molecular formula is C16H15NO. The van der Waals surface area contributed by atoms with E-state index in [0.717, 1.165) is 23.7 Å². The van der Waals surface area contributed by atoms with Crippen molar-refractivity contribution in [1.29, 1.82) is 0 Å². The van der Waals surface area contributed by atoms with Crippen LogP contribution in [0.2, 0.25) is 0 Å². The number of benzene rings is 2. The van der Waals surface area contributed by atoms with Crippen LogP contribution in [0.3, 0.4) is 0 Å². The van der Waals surface area contributed by atoms with E-state index in [9.17, 15) is 0 Å². The predicted octanol–water partition coefficient (Wildman–Crippen LogP) is 3.56. The van der Waals surface area contributed by atoms with Gasteiger partial charge in [0, 0.05) is 7.05 Å². The van der Waals surface area contributed by atoms with E-state index < -0.39 is 0 Å². The van der Waals surface area contributed by atoms with Crippen LogP contribution < -0.4 is 9.64 Å². The molecule has 0 atom stereocenters. The van der Waals surface area contributed by atoms with Crippen LogP contribution in [0.4, 0.5) is 5.69 Å². The van der Waals surface area contributed by atoms with Crippen molar-refractivity contribution in [3.63, 3.8) is 0 Å². The van der Waals surface area contributed by atoms with Crippen molar-refractivity contribution >= 4 is 11.8 Å². The fourth-order valence-electron chi connectivity index (χ4n) is 2.16. The molecule has 0 saturated heterocycles. The van der Waals surface area contributed by atoms with E-state index in [2.05, 4.69) is 36.2 Å². The average molecular weight is 237 g/mol. The third-order valence-corrected chi connectivity index (χ3v) is 3.04. The van der Waals surface area contributed by atoms with Crippen molar-refractivity contribution < 1.29 is 4.74 Å². The highest BCUT2D eigenvalue weighted by Crippen LogP contribution is 2.33. The van der Waals surface area contributed by atoms with Gasteiger partial charge in [0.15, 0.2) is 0 Å². The standard InChI is InChI=1S/C16H15NO/c1-17-12-14(11-13-7-3-2-4-8-13)18-16-10-6-5-9-15(16)17/h2-11H,12H2,1H3/b14-11-. The summed E-state index contributed by atoms with van der Waals surface area (Å²) in [5.41, 5.74) is 2.31. The van der Waals surface area contributed by atoms with Gasteiger partial charge in [-0.25, -0.2) is 0 Å². The highest BCUT2D eigenvalue weighted by Gasteiger charge is 2.17. The molecule has 2 nitrogen and oxygen atoms in total. The van der Waals surface area contributed by atoms with Gasteiger partial charge in [0.2, 0.25) is 0 Å². The molecule has 0 amide bonds. The Bertz CT molecular complexity index is 575. The van der Waals surface area contributed by atoms with Crippen molar-refractivity contribution in [2.45, 2.75) is 0 Å². The largest absolute Gasteiger partial charge is 0.458 e.